The molecule has 0 saturated carbocycles. The van der Waals surface area contributed by atoms with E-state index in [0.717, 1.165) is 29.4 Å². The quantitative estimate of drug-likeness (QED) is 0.219. The number of hydrogen-bond acceptors (Lipinski definition) is 5. The van der Waals surface area contributed by atoms with Gasteiger partial charge in [0.1, 0.15) is 12.4 Å². The number of rotatable bonds is 10. The molecule has 0 radical (unpaired) electrons. The molecule has 0 aliphatic rings. The Labute approximate surface area is 190 Å². The highest BCUT2D eigenvalue weighted by Gasteiger charge is 2.07. The van der Waals surface area contributed by atoms with Crippen LogP contribution in [-0.4, -0.2) is 44.9 Å². The fourth-order valence-electron chi connectivity index (χ4n) is 2.58. The van der Waals surface area contributed by atoms with E-state index in [1.165, 1.54) is 5.56 Å². The number of methoxy groups -OCH3 is 2. The molecule has 2 rings (SSSR count). The highest BCUT2D eigenvalue weighted by Crippen LogP contribution is 2.19. The van der Waals surface area contributed by atoms with Crippen molar-refractivity contribution in [2.75, 3.05) is 34.0 Å². The summed E-state index contributed by atoms with van der Waals surface area (Å²) in [7, 11) is 3.33. The van der Waals surface area contributed by atoms with Gasteiger partial charge in [0.05, 0.1) is 20.3 Å². The van der Waals surface area contributed by atoms with Gasteiger partial charge in [0.15, 0.2) is 5.96 Å². The first kappa shape index (κ1) is 25.0. The summed E-state index contributed by atoms with van der Waals surface area (Å²) >= 11 is 0. The van der Waals surface area contributed by atoms with Gasteiger partial charge < -0.3 is 24.8 Å². The van der Waals surface area contributed by atoms with Crippen LogP contribution in [0.1, 0.15) is 23.6 Å². The SMILES string of the molecule is CCNC(=NCc1cccnc1OCCOC)NCc1ccc(C)cc1OC.I. The third-order valence-corrected chi connectivity index (χ3v) is 4.02. The molecule has 0 aliphatic carbocycles. The maximum Gasteiger partial charge on any atom is 0.218 e. The van der Waals surface area contributed by atoms with Crippen molar-refractivity contribution >= 4 is 29.9 Å². The van der Waals surface area contributed by atoms with Crippen LogP contribution < -0.4 is 20.1 Å². The van der Waals surface area contributed by atoms with Crippen molar-refractivity contribution in [3.63, 3.8) is 0 Å². The third-order valence-electron chi connectivity index (χ3n) is 4.02. The molecule has 1 aromatic heterocycles. The van der Waals surface area contributed by atoms with Gasteiger partial charge in [-0.2, -0.15) is 0 Å². The summed E-state index contributed by atoms with van der Waals surface area (Å²) in [5, 5.41) is 6.61. The van der Waals surface area contributed by atoms with E-state index in [1.54, 1.807) is 20.4 Å². The van der Waals surface area contributed by atoms with Gasteiger partial charge in [-0.15, -0.1) is 24.0 Å². The molecule has 0 amide bonds. The molecule has 2 aromatic rings. The summed E-state index contributed by atoms with van der Waals surface area (Å²) < 4.78 is 16.2. The first-order valence-electron chi connectivity index (χ1n) is 9.39. The summed E-state index contributed by atoms with van der Waals surface area (Å²) in [6.45, 7) is 6.88. The Morgan fingerprint density at radius 3 is 2.66 bits per heavy atom. The minimum Gasteiger partial charge on any atom is -0.496 e. The van der Waals surface area contributed by atoms with Gasteiger partial charge >= 0.3 is 0 Å². The molecule has 0 spiro atoms. The van der Waals surface area contributed by atoms with E-state index in [1.807, 2.05) is 32.0 Å². The molecule has 7 nitrogen and oxygen atoms in total. The molecular formula is C21H31IN4O3. The second kappa shape index (κ2) is 14.0. The van der Waals surface area contributed by atoms with E-state index in [4.69, 9.17) is 14.2 Å². The van der Waals surface area contributed by atoms with E-state index in [9.17, 15) is 0 Å². The number of benzene rings is 1. The van der Waals surface area contributed by atoms with Crippen LogP contribution in [0.2, 0.25) is 0 Å². The normalized spacial score (nSPS) is 10.8. The van der Waals surface area contributed by atoms with Crippen molar-refractivity contribution in [1.82, 2.24) is 15.6 Å². The number of halogens is 1. The molecule has 0 saturated heterocycles. The lowest BCUT2D eigenvalue weighted by molar-refractivity contribution is 0.143. The third kappa shape index (κ3) is 8.45. The highest BCUT2D eigenvalue weighted by atomic mass is 127. The number of aliphatic imine (C=N–C) groups is 1. The van der Waals surface area contributed by atoms with Crippen LogP contribution in [0.25, 0.3) is 0 Å². The lowest BCUT2D eigenvalue weighted by Crippen LogP contribution is -2.36. The second-order valence-electron chi connectivity index (χ2n) is 6.17. The van der Waals surface area contributed by atoms with E-state index < -0.39 is 0 Å². The van der Waals surface area contributed by atoms with Crippen molar-refractivity contribution in [1.29, 1.82) is 0 Å². The molecule has 8 heteroatoms. The molecule has 0 atom stereocenters. The molecule has 1 aromatic carbocycles. The van der Waals surface area contributed by atoms with Gasteiger partial charge in [-0.05, 0) is 31.5 Å². The Morgan fingerprint density at radius 2 is 1.93 bits per heavy atom. The average molecular weight is 514 g/mol. The van der Waals surface area contributed by atoms with Crippen molar-refractivity contribution in [3.8, 4) is 11.6 Å². The molecule has 1 heterocycles. The van der Waals surface area contributed by atoms with Crippen LogP contribution >= 0.6 is 24.0 Å². The van der Waals surface area contributed by atoms with Gasteiger partial charge in [0.25, 0.3) is 0 Å². The van der Waals surface area contributed by atoms with Crippen molar-refractivity contribution in [2.24, 2.45) is 4.99 Å². The Bertz CT molecular complexity index is 771. The summed E-state index contributed by atoms with van der Waals surface area (Å²) in [5.74, 6) is 2.17. The Balaban J connectivity index is 0.00000420. The van der Waals surface area contributed by atoms with Crippen LogP contribution in [0.4, 0.5) is 0 Å². The van der Waals surface area contributed by atoms with Gasteiger partial charge in [0.2, 0.25) is 5.88 Å². The van der Waals surface area contributed by atoms with Gasteiger partial charge in [-0.1, -0.05) is 18.2 Å². The fraction of sp³-hybridized carbons (Fsp3) is 0.429. The Kier molecular flexibility index (Phi) is 12.1. The zero-order valence-corrected chi connectivity index (χ0v) is 19.9. The number of guanidine groups is 1. The largest absolute Gasteiger partial charge is 0.496 e. The maximum absolute atomic E-state index is 5.68. The number of pyridine rings is 1. The van der Waals surface area contributed by atoms with E-state index in [2.05, 4.69) is 32.7 Å². The van der Waals surface area contributed by atoms with Crippen molar-refractivity contribution in [2.45, 2.75) is 26.9 Å². The first-order valence-corrected chi connectivity index (χ1v) is 9.39. The molecule has 0 unspecified atom stereocenters. The zero-order chi connectivity index (χ0) is 20.2. The maximum atomic E-state index is 5.68. The number of hydrogen-bond donors (Lipinski definition) is 2. The standard InChI is InChI=1S/C21H30N4O3.HI/c1-5-22-21(24-14-17-9-8-16(2)13-19(17)27-4)25-15-18-7-6-10-23-20(18)28-12-11-26-3;/h6-10,13H,5,11-12,14-15H2,1-4H3,(H2,22,24,25);1H. The lowest BCUT2D eigenvalue weighted by Gasteiger charge is -2.14. The van der Waals surface area contributed by atoms with Crippen molar-refractivity contribution in [3.05, 3.63) is 53.2 Å². The van der Waals surface area contributed by atoms with Gasteiger partial charge in [-0.25, -0.2) is 9.98 Å². The smallest absolute Gasteiger partial charge is 0.218 e. The summed E-state index contributed by atoms with van der Waals surface area (Å²) in [4.78, 5) is 8.96. The van der Waals surface area contributed by atoms with Crippen LogP contribution in [0.3, 0.4) is 0 Å². The monoisotopic (exact) mass is 514 g/mol. The number of nitrogens with one attached hydrogen (secondary N) is 2. The average Bonchev–Trinajstić information content (AvgIpc) is 2.71. The fourth-order valence-corrected chi connectivity index (χ4v) is 2.58. The zero-order valence-electron chi connectivity index (χ0n) is 17.5. The molecule has 0 aliphatic heterocycles. The minimum atomic E-state index is 0. The number of aromatic nitrogens is 1. The Hall–Kier alpha value is -2.07. The molecule has 0 bridgehead atoms. The topological polar surface area (TPSA) is 77.0 Å². The van der Waals surface area contributed by atoms with Crippen molar-refractivity contribution < 1.29 is 14.2 Å². The molecular weight excluding hydrogens is 483 g/mol. The van der Waals surface area contributed by atoms with Crippen LogP contribution in [0.5, 0.6) is 11.6 Å². The van der Waals surface area contributed by atoms with Crippen LogP contribution in [0.15, 0.2) is 41.5 Å². The van der Waals surface area contributed by atoms with Gasteiger partial charge in [0, 0.05) is 37.5 Å². The number of nitrogens with zero attached hydrogens (tertiary/aromatic N) is 2. The number of ether oxygens (including phenoxy) is 3. The van der Waals surface area contributed by atoms with E-state index >= 15 is 0 Å². The van der Waals surface area contributed by atoms with Crippen LogP contribution in [0, 0.1) is 6.92 Å². The summed E-state index contributed by atoms with van der Waals surface area (Å²) in [6, 6.07) is 10.0. The number of aryl methyl sites for hydroxylation is 1. The molecule has 29 heavy (non-hydrogen) atoms. The lowest BCUT2D eigenvalue weighted by atomic mass is 10.1. The van der Waals surface area contributed by atoms with Gasteiger partial charge in [-0.3, -0.25) is 0 Å². The molecule has 0 fully saturated rings. The predicted octanol–water partition coefficient (Wildman–Crippen LogP) is 3.30. The summed E-state index contributed by atoms with van der Waals surface area (Å²) in [5.41, 5.74) is 3.16. The van der Waals surface area contributed by atoms with E-state index in [0.29, 0.717) is 32.2 Å². The highest BCUT2D eigenvalue weighted by molar-refractivity contribution is 14.0. The first-order chi connectivity index (χ1) is 13.7. The predicted molar refractivity (Wildman–Crippen MR) is 126 cm³/mol. The minimum absolute atomic E-state index is 0. The second-order valence-corrected chi connectivity index (χ2v) is 6.17. The molecule has 160 valence electrons. The van der Waals surface area contributed by atoms with E-state index in [-0.39, 0.29) is 24.0 Å². The Morgan fingerprint density at radius 1 is 1.10 bits per heavy atom. The van der Waals surface area contributed by atoms with Crippen LogP contribution in [-0.2, 0) is 17.8 Å². The summed E-state index contributed by atoms with van der Waals surface area (Å²) in [6.07, 6.45) is 1.71. The molecule has 2 N–H and O–H groups in total.